The monoisotopic (exact) mass is 822 g/mol. The van der Waals surface area contributed by atoms with Crippen molar-refractivity contribution in [2.45, 2.75) is 251 Å². The highest BCUT2D eigenvalue weighted by Gasteiger charge is 2.25. The third kappa shape index (κ3) is 39.5. The first-order chi connectivity index (χ1) is 28.1. The van der Waals surface area contributed by atoms with Crippen LogP contribution in [-0.2, 0) is 28.6 Å². The Hall–Kier alpha value is -1.93. The van der Waals surface area contributed by atoms with Crippen molar-refractivity contribution < 1.29 is 38.2 Å². The second-order valence-electron chi connectivity index (χ2n) is 18.1. The number of carboxylic acids is 1. The fourth-order valence-corrected chi connectivity index (χ4v) is 7.54. The minimum Gasteiger partial charge on any atom is -0.544 e. The molecule has 0 heterocycles. The quantitative estimate of drug-likeness (QED) is 0.0261. The number of nitrogens with zero attached hydrogens (tertiary/aromatic N) is 1. The Morgan fingerprint density at radius 3 is 1.24 bits per heavy atom. The molecule has 58 heavy (non-hydrogen) atoms. The molecule has 0 saturated carbocycles. The maximum Gasteiger partial charge on any atom is 0.306 e. The molecule has 0 bridgehead atoms. The zero-order valence-electron chi connectivity index (χ0n) is 39.0. The molecule has 0 saturated heterocycles. The lowest BCUT2D eigenvalue weighted by Crippen LogP contribution is -2.55. The average molecular weight is 822 g/mol. The van der Waals surface area contributed by atoms with Crippen LogP contribution in [0.4, 0.5) is 0 Å². The number of carbonyl (C=O) groups is 3. The summed E-state index contributed by atoms with van der Waals surface area (Å²) >= 11 is 0. The van der Waals surface area contributed by atoms with Crippen LogP contribution in [0.15, 0.2) is 12.2 Å². The maximum absolute atomic E-state index is 12.8. The van der Waals surface area contributed by atoms with Gasteiger partial charge in [-0.05, 0) is 38.5 Å². The summed E-state index contributed by atoms with van der Waals surface area (Å²) in [7, 11) is 5.42. The van der Waals surface area contributed by atoms with Crippen molar-refractivity contribution in [3.63, 3.8) is 0 Å². The van der Waals surface area contributed by atoms with Gasteiger partial charge in [-0.15, -0.1) is 0 Å². The zero-order valence-corrected chi connectivity index (χ0v) is 39.0. The molecule has 2 atom stereocenters. The van der Waals surface area contributed by atoms with Gasteiger partial charge in [0.2, 0.25) is 0 Å². The van der Waals surface area contributed by atoms with Crippen molar-refractivity contribution in [2.24, 2.45) is 0 Å². The number of quaternary nitrogens is 1. The van der Waals surface area contributed by atoms with Crippen LogP contribution in [0.2, 0.25) is 0 Å². The highest BCUT2D eigenvalue weighted by Crippen LogP contribution is 2.16. The minimum absolute atomic E-state index is 0.0448. The van der Waals surface area contributed by atoms with E-state index >= 15 is 0 Å². The van der Waals surface area contributed by atoms with Gasteiger partial charge in [0.1, 0.15) is 12.6 Å². The Balaban J connectivity index is 4.22. The minimum atomic E-state index is -1.12. The third-order valence-electron chi connectivity index (χ3n) is 11.4. The lowest BCUT2D eigenvalue weighted by molar-refractivity contribution is -0.889. The van der Waals surface area contributed by atoms with E-state index < -0.39 is 18.1 Å². The van der Waals surface area contributed by atoms with Crippen molar-refractivity contribution in [1.29, 1.82) is 0 Å². The molecule has 0 aromatic heterocycles. The van der Waals surface area contributed by atoms with E-state index in [4.69, 9.17) is 14.2 Å². The normalized spacial score (nSPS) is 12.9. The number of likely N-dealkylation sites (N-methyl/N-ethyl adjacent to an activating group) is 1. The summed E-state index contributed by atoms with van der Waals surface area (Å²) in [4.78, 5) is 36.9. The molecule has 0 aliphatic rings. The predicted octanol–water partition coefficient (Wildman–Crippen LogP) is 12.5. The molecule has 0 spiro atoms. The summed E-state index contributed by atoms with van der Waals surface area (Å²) in [5.74, 6) is -1.72. The Kier molecular flexibility index (Phi) is 40.4. The molecular formula is C50H95NO7. The number of hydrogen-bond donors (Lipinski definition) is 0. The van der Waals surface area contributed by atoms with E-state index in [1.165, 1.54) is 167 Å². The number of aliphatic carboxylic acids is 1. The number of ether oxygens (including phenoxy) is 3. The number of unbranched alkanes of at least 4 members (excludes halogenated alkanes) is 29. The molecule has 8 heteroatoms. The molecule has 0 radical (unpaired) electrons. The first-order valence-corrected chi connectivity index (χ1v) is 24.7. The molecule has 0 aliphatic heterocycles. The van der Waals surface area contributed by atoms with Gasteiger partial charge in [0.25, 0.3) is 0 Å². The van der Waals surface area contributed by atoms with Gasteiger partial charge in [-0.1, -0.05) is 193 Å². The molecule has 8 nitrogen and oxygen atoms in total. The molecular weight excluding hydrogens is 727 g/mol. The van der Waals surface area contributed by atoms with Crippen LogP contribution < -0.4 is 5.11 Å². The molecule has 0 rings (SSSR count). The second kappa shape index (κ2) is 41.8. The predicted molar refractivity (Wildman–Crippen MR) is 241 cm³/mol. The lowest BCUT2D eigenvalue weighted by atomic mass is 10.0. The van der Waals surface area contributed by atoms with Crippen LogP contribution in [-0.4, -0.2) is 75.5 Å². The van der Waals surface area contributed by atoms with Crippen LogP contribution in [0.3, 0.4) is 0 Å². The summed E-state index contributed by atoms with van der Waals surface area (Å²) in [5.41, 5.74) is 0. The first-order valence-electron chi connectivity index (χ1n) is 24.7. The van der Waals surface area contributed by atoms with Crippen molar-refractivity contribution in [1.82, 2.24) is 0 Å². The van der Waals surface area contributed by atoms with Crippen LogP contribution >= 0.6 is 0 Å². The van der Waals surface area contributed by atoms with Gasteiger partial charge in [-0.3, -0.25) is 9.59 Å². The molecule has 0 aromatic carbocycles. The summed E-state index contributed by atoms with van der Waals surface area (Å²) in [5, 5.41) is 11.6. The molecule has 0 aliphatic carbocycles. The number of allylic oxidation sites excluding steroid dienone is 2. The number of carboxylic acid groups (broad SMARTS) is 1. The Bertz CT molecular complexity index is 962. The molecule has 0 amide bonds. The Morgan fingerprint density at radius 1 is 0.500 bits per heavy atom. The lowest BCUT2D eigenvalue weighted by Gasteiger charge is -2.34. The van der Waals surface area contributed by atoms with Crippen LogP contribution in [0.1, 0.15) is 239 Å². The summed E-state index contributed by atoms with van der Waals surface area (Å²) in [6.45, 7) is 4.69. The molecule has 342 valence electrons. The number of esters is 2. The van der Waals surface area contributed by atoms with Gasteiger partial charge in [0, 0.05) is 19.3 Å². The van der Waals surface area contributed by atoms with E-state index in [2.05, 4.69) is 26.0 Å². The van der Waals surface area contributed by atoms with Gasteiger partial charge in [0.15, 0.2) is 6.10 Å². The van der Waals surface area contributed by atoms with E-state index in [-0.39, 0.29) is 42.7 Å². The van der Waals surface area contributed by atoms with Gasteiger partial charge in [-0.25, -0.2) is 0 Å². The van der Waals surface area contributed by atoms with Crippen LogP contribution in [0, 0.1) is 0 Å². The molecule has 0 aromatic rings. The van der Waals surface area contributed by atoms with Gasteiger partial charge in [-0.2, -0.15) is 0 Å². The second-order valence-corrected chi connectivity index (χ2v) is 18.1. The zero-order chi connectivity index (χ0) is 42.8. The third-order valence-corrected chi connectivity index (χ3v) is 11.4. The topological polar surface area (TPSA) is 102 Å². The molecule has 0 fully saturated rings. The number of carbonyl (C=O) groups excluding carboxylic acids is 3. The number of rotatable bonds is 45. The average Bonchev–Trinajstić information content (AvgIpc) is 3.18. The van der Waals surface area contributed by atoms with Gasteiger partial charge >= 0.3 is 11.9 Å². The van der Waals surface area contributed by atoms with Gasteiger partial charge < -0.3 is 28.6 Å². The highest BCUT2D eigenvalue weighted by atomic mass is 16.6. The fourth-order valence-electron chi connectivity index (χ4n) is 7.54. The van der Waals surface area contributed by atoms with E-state index in [0.717, 1.165) is 38.5 Å². The SMILES string of the molecule is CCCCCCCCCCCC/C=C/CCCCCCCCCC(=O)OC(COCCC(C(=O)[O-])[N+](C)(C)C)COC(=O)CCCCCCCCCCCCCCC. The summed E-state index contributed by atoms with van der Waals surface area (Å²) < 4.78 is 17.2. The van der Waals surface area contributed by atoms with E-state index in [0.29, 0.717) is 12.8 Å². The van der Waals surface area contributed by atoms with E-state index in [1.807, 2.05) is 0 Å². The summed E-state index contributed by atoms with van der Waals surface area (Å²) in [6.07, 6.45) is 45.2. The highest BCUT2D eigenvalue weighted by molar-refractivity contribution is 5.70. The van der Waals surface area contributed by atoms with Crippen molar-refractivity contribution >= 4 is 17.9 Å². The standard InChI is InChI=1S/C50H95NO7/c1-6-8-10-12-14-16-18-20-21-22-23-24-25-26-27-29-31-33-35-37-39-41-49(53)58-46(44-56-43-42-47(50(54)55)51(3,4)5)45-57-48(52)40-38-36-34-32-30-28-19-17-15-13-11-9-7-2/h24-25,46-47H,6-23,26-45H2,1-5H3/b25-24+. The number of hydrogen-bond acceptors (Lipinski definition) is 7. The van der Waals surface area contributed by atoms with Crippen LogP contribution in [0.25, 0.3) is 0 Å². The smallest absolute Gasteiger partial charge is 0.306 e. The first kappa shape index (κ1) is 56.1. The van der Waals surface area contributed by atoms with E-state index in [9.17, 15) is 19.5 Å². The molecule has 2 unspecified atom stereocenters. The van der Waals surface area contributed by atoms with Crippen molar-refractivity contribution in [2.75, 3.05) is 41.0 Å². The van der Waals surface area contributed by atoms with Crippen LogP contribution in [0.5, 0.6) is 0 Å². The summed E-state index contributed by atoms with van der Waals surface area (Å²) in [6, 6.07) is -0.722. The Morgan fingerprint density at radius 2 is 0.862 bits per heavy atom. The largest absolute Gasteiger partial charge is 0.544 e. The van der Waals surface area contributed by atoms with Gasteiger partial charge in [0.05, 0.1) is 40.3 Å². The van der Waals surface area contributed by atoms with Crippen molar-refractivity contribution in [3.05, 3.63) is 12.2 Å². The van der Waals surface area contributed by atoms with E-state index in [1.54, 1.807) is 21.1 Å². The Labute approximate surface area is 359 Å². The fraction of sp³-hybridized carbons (Fsp3) is 0.900. The van der Waals surface area contributed by atoms with Crippen molar-refractivity contribution in [3.8, 4) is 0 Å². The molecule has 0 N–H and O–H groups in total. The maximum atomic E-state index is 12.8.